The minimum atomic E-state index is -2.88. The summed E-state index contributed by atoms with van der Waals surface area (Å²) in [5.74, 6) is 0.287. The Morgan fingerprint density at radius 2 is 2.05 bits per heavy atom. The Morgan fingerprint density at radius 1 is 1.32 bits per heavy atom. The molecule has 6 heteroatoms. The van der Waals surface area contributed by atoms with E-state index in [1.807, 2.05) is 10.9 Å². The first kappa shape index (κ1) is 17.5. The lowest BCUT2D eigenvalue weighted by atomic mass is 9.99. The van der Waals surface area contributed by atoms with Crippen LogP contribution in [0.25, 0.3) is 0 Å². The molecular formula is C16H29N3O2S. The number of hydrogen-bond acceptors (Lipinski definition) is 4. The van der Waals surface area contributed by atoms with Gasteiger partial charge in [-0.25, -0.2) is 8.42 Å². The monoisotopic (exact) mass is 327 g/mol. The number of nitrogens with zero attached hydrogens (tertiary/aromatic N) is 3. The van der Waals surface area contributed by atoms with Crippen LogP contribution in [0.2, 0.25) is 0 Å². The maximum Gasteiger partial charge on any atom is 0.147 e. The highest BCUT2D eigenvalue weighted by Crippen LogP contribution is 2.23. The van der Waals surface area contributed by atoms with E-state index in [1.165, 1.54) is 24.7 Å². The molecule has 1 unspecified atom stereocenters. The summed E-state index contributed by atoms with van der Waals surface area (Å²) in [4.78, 5) is 2.43. The number of piperidine rings is 1. The van der Waals surface area contributed by atoms with Crippen molar-refractivity contribution in [3.8, 4) is 0 Å². The third-order valence-electron chi connectivity index (χ3n) is 4.28. The van der Waals surface area contributed by atoms with Crippen molar-refractivity contribution >= 4 is 9.84 Å². The molecule has 1 aromatic heterocycles. The quantitative estimate of drug-likeness (QED) is 0.833. The molecule has 22 heavy (non-hydrogen) atoms. The van der Waals surface area contributed by atoms with Crippen LogP contribution >= 0.6 is 0 Å². The Balaban J connectivity index is 2.00. The molecule has 0 bridgehead atoms. The summed E-state index contributed by atoms with van der Waals surface area (Å²) in [6.07, 6.45) is 9.62. The highest BCUT2D eigenvalue weighted by Gasteiger charge is 2.24. The number of likely N-dealkylation sites (tertiary alicyclic amines) is 1. The van der Waals surface area contributed by atoms with Gasteiger partial charge in [0.15, 0.2) is 0 Å². The van der Waals surface area contributed by atoms with Crippen LogP contribution in [0.3, 0.4) is 0 Å². The second-order valence-electron chi connectivity index (χ2n) is 7.50. The molecule has 0 N–H and O–H groups in total. The van der Waals surface area contributed by atoms with Crippen LogP contribution in [0.15, 0.2) is 12.4 Å². The molecule has 0 amide bonds. The molecule has 1 aliphatic heterocycles. The predicted molar refractivity (Wildman–Crippen MR) is 89.6 cm³/mol. The Labute approximate surface area is 134 Å². The zero-order valence-corrected chi connectivity index (χ0v) is 15.1. The third kappa shape index (κ3) is 5.09. The van der Waals surface area contributed by atoms with E-state index in [0.717, 1.165) is 25.9 Å². The summed E-state index contributed by atoms with van der Waals surface area (Å²) in [7, 11) is -2.88. The molecule has 2 rings (SSSR count). The fraction of sp³-hybridized carbons (Fsp3) is 0.812. The van der Waals surface area contributed by atoms with Crippen molar-refractivity contribution in [1.82, 2.24) is 14.7 Å². The molecule has 5 nitrogen and oxygen atoms in total. The summed E-state index contributed by atoms with van der Waals surface area (Å²) in [5, 5.41) is 4.46. The fourth-order valence-electron chi connectivity index (χ4n) is 2.99. The van der Waals surface area contributed by atoms with Crippen LogP contribution in [0, 0.1) is 0 Å². The second-order valence-corrected chi connectivity index (χ2v) is 9.76. The maximum absolute atomic E-state index is 11.4. The SMILES string of the molecule is CC(C)(C)n1cc(CN2CCCCC2CCS(C)(=O)=O)cn1. The molecule has 1 saturated heterocycles. The Hall–Kier alpha value is -0.880. The summed E-state index contributed by atoms with van der Waals surface area (Å²) >= 11 is 0. The van der Waals surface area contributed by atoms with Crippen LogP contribution in [0.4, 0.5) is 0 Å². The lowest BCUT2D eigenvalue weighted by Crippen LogP contribution is -2.39. The molecule has 0 aliphatic carbocycles. The van der Waals surface area contributed by atoms with Crippen LogP contribution in [0.5, 0.6) is 0 Å². The second kappa shape index (κ2) is 6.71. The molecule has 1 atom stereocenters. The van der Waals surface area contributed by atoms with Crippen molar-refractivity contribution in [3.05, 3.63) is 18.0 Å². The Kier molecular flexibility index (Phi) is 5.33. The standard InChI is InChI=1S/C16H29N3O2S/c1-16(2,3)19-13-14(11-17-19)12-18-9-6-5-7-15(18)8-10-22(4,20)21/h11,13,15H,5-10,12H2,1-4H3. The van der Waals surface area contributed by atoms with Gasteiger partial charge in [-0.1, -0.05) is 6.42 Å². The van der Waals surface area contributed by atoms with Gasteiger partial charge in [0.05, 0.1) is 17.5 Å². The van der Waals surface area contributed by atoms with Gasteiger partial charge in [0.25, 0.3) is 0 Å². The van der Waals surface area contributed by atoms with Crippen molar-refractivity contribution in [3.63, 3.8) is 0 Å². The van der Waals surface area contributed by atoms with Crippen molar-refractivity contribution < 1.29 is 8.42 Å². The molecule has 0 spiro atoms. The van der Waals surface area contributed by atoms with Gasteiger partial charge < -0.3 is 0 Å². The average Bonchev–Trinajstić information content (AvgIpc) is 2.85. The van der Waals surface area contributed by atoms with Gasteiger partial charge in [0.1, 0.15) is 9.84 Å². The van der Waals surface area contributed by atoms with E-state index in [-0.39, 0.29) is 11.3 Å². The highest BCUT2D eigenvalue weighted by atomic mass is 32.2. The molecular weight excluding hydrogens is 298 g/mol. The van der Waals surface area contributed by atoms with E-state index in [0.29, 0.717) is 6.04 Å². The van der Waals surface area contributed by atoms with E-state index in [9.17, 15) is 8.42 Å². The first-order valence-corrected chi connectivity index (χ1v) is 10.2. The summed E-state index contributed by atoms with van der Waals surface area (Å²) in [6, 6.07) is 0.376. The first-order chi connectivity index (χ1) is 10.1. The van der Waals surface area contributed by atoms with E-state index in [1.54, 1.807) is 0 Å². The summed E-state index contributed by atoms with van der Waals surface area (Å²) in [6.45, 7) is 8.33. The largest absolute Gasteiger partial charge is 0.296 e. The summed E-state index contributed by atoms with van der Waals surface area (Å²) in [5.41, 5.74) is 1.21. The molecule has 0 radical (unpaired) electrons. The molecule has 2 heterocycles. The number of hydrogen-bond donors (Lipinski definition) is 0. The number of aromatic nitrogens is 2. The van der Waals surface area contributed by atoms with Crippen LogP contribution < -0.4 is 0 Å². The first-order valence-electron chi connectivity index (χ1n) is 8.11. The predicted octanol–water partition coefficient (Wildman–Crippen LogP) is 2.43. The highest BCUT2D eigenvalue weighted by molar-refractivity contribution is 7.90. The lowest BCUT2D eigenvalue weighted by Gasteiger charge is -2.35. The molecule has 1 fully saturated rings. The smallest absolute Gasteiger partial charge is 0.147 e. The number of rotatable bonds is 5. The van der Waals surface area contributed by atoms with Gasteiger partial charge in [-0.15, -0.1) is 0 Å². The third-order valence-corrected chi connectivity index (χ3v) is 5.26. The molecule has 0 aromatic carbocycles. The van der Waals surface area contributed by atoms with Gasteiger partial charge in [-0.3, -0.25) is 9.58 Å². The lowest BCUT2D eigenvalue weighted by molar-refractivity contribution is 0.136. The van der Waals surface area contributed by atoms with Crippen molar-refractivity contribution in [2.45, 2.75) is 64.6 Å². The average molecular weight is 327 g/mol. The van der Waals surface area contributed by atoms with Crippen molar-refractivity contribution in [2.75, 3.05) is 18.6 Å². The zero-order valence-electron chi connectivity index (χ0n) is 14.2. The molecule has 1 aliphatic rings. The minimum Gasteiger partial charge on any atom is -0.296 e. The topological polar surface area (TPSA) is 55.2 Å². The number of sulfone groups is 1. The van der Waals surface area contributed by atoms with E-state index >= 15 is 0 Å². The van der Waals surface area contributed by atoms with Crippen LogP contribution in [0.1, 0.15) is 52.0 Å². The van der Waals surface area contributed by atoms with Gasteiger partial charge in [-0.2, -0.15) is 5.10 Å². The Morgan fingerprint density at radius 3 is 2.64 bits per heavy atom. The summed E-state index contributed by atoms with van der Waals surface area (Å²) < 4.78 is 24.8. The van der Waals surface area contributed by atoms with Gasteiger partial charge in [0, 0.05) is 30.6 Å². The normalized spacial score (nSPS) is 21.2. The molecule has 126 valence electrons. The fourth-order valence-corrected chi connectivity index (χ4v) is 3.69. The van der Waals surface area contributed by atoms with E-state index in [4.69, 9.17) is 0 Å². The minimum absolute atomic E-state index is 0.00413. The van der Waals surface area contributed by atoms with Crippen molar-refractivity contribution in [2.24, 2.45) is 0 Å². The van der Waals surface area contributed by atoms with E-state index in [2.05, 4.69) is 37.0 Å². The van der Waals surface area contributed by atoms with Gasteiger partial charge in [-0.05, 0) is 46.6 Å². The molecule has 0 saturated carbocycles. The Bertz CT molecular complexity index is 587. The molecule has 1 aromatic rings. The van der Waals surface area contributed by atoms with Gasteiger partial charge in [0.2, 0.25) is 0 Å². The van der Waals surface area contributed by atoms with E-state index < -0.39 is 9.84 Å². The van der Waals surface area contributed by atoms with Gasteiger partial charge >= 0.3 is 0 Å². The zero-order chi connectivity index (χ0) is 16.4. The van der Waals surface area contributed by atoms with Crippen LogP contribution in [-0.2, 0) is 21.9 Å². The van der Waals surface area contributed by atoms with Crippen LogP contribution in [-0.4, -0.2) is 47.7 Å². The maximum atomic E-state index is 11.4. The van der Waals surface area contributed by atoms with Crippen molar-refractivity contribution in [1.29, 1.82) is 0 Å².